The lowest BCUT2D eigenvalue weighted by Crippen LogP contribution is -2.04. The van der Waals surface area contributed by atoms with E-state index in [1.165, 1.54) is 22.9 Å². The van der Waals surface area contributed by atoms with Gasteiger partial charge in [-0.3, -0.25) is 4.57 Å². The molecule has 0 radical (unpaired) electrons. The standard InChI is InChI=1S/C11H10N4O2S/c1-18(16,17)8-2-3-10(9(13)6-8)15-5-4-14-11(15)7-12/h2-6H,13H2,1H3. The lowest BCUT2D eigenvalue weighted by Gasteiger charge is -2.08. The Kier molecular flexibility index (Phi) is 2.80. The number of nitrogen functional groups attached to an aromatic ring is 1. The number of anilines is 1. The van der Waals surface area contributed by atoms with E-state index in [9.17, 15) is 8.42 Å². The zero-order chi connectivity index (χ0) is 13.3. The van der Waals surface area contributed by atoms with Crippen LogP contribution in [0, 0.1) is 11.3 Å². The second kappa shape index (κ2) is 4.16. The molecule has 1 aromatic carbocycles. The van der Waals surface area contributed by atoms with Crippen LogP contribution in [0.5, 0.6) is 0 Å². The molecule has 7 heteroatoms. The number of sulfone groups is 1. The van der Waals surface area contributed by atoms with Gasteiger partial charge in [0.15, 0.2) is 9.84 Å². The minimum Gasteiger partial charge on any atom is -0.397 e. The minimum absolute atomic E-state index is 0.141. The molecule has 0 saturated heterocycles. The van der Waals surface area contributed by atoms with Gasteiger partial charge in [-0.1, -0.05) is 0 Å². The molecular weight excluding hydrogens is 252 g/mol. The summed E-state index contributed by atoms with van der Waals surface area (Å²) in [5.74, 6) is 0.189. The first kappa shape index (κ1) is 12.1. The van der Waals surface area contributed by atoms with Crippen molar-refractivity contribution in [3.63, 3.8) is 0 Å². The Morgan fingerprint density at radius 2 is 2.17 bits per heavy atom. The number of rotatable bonds is 2. The molecule has 6 nitrogen and oxygen atoms in total. The molecule has 0 bridgehead atoms. The molecule has 2 aromatic rings. The fourth-order valence-corrected chi connectivity index (χ4v) is 2.22. The average Bonchev–Trinajstić information content (AvgIpc) is 2.75. The Labute approximate surface area is 104 Å². The highest BCUT2D eigenvalue weighted by molar-refractivity contribution is 7.90. The van der Waals surface area contributed by atoms with E-state index < -0.39 is 9.84 Å². The summed E-state index contributed by atoms with van der Waals surface area (Å²) in [6.45, 7) is 0. The molecule has 92 valence electrons. The number of aromatic nitrogens is 2. The third-order valence-electron chi connectivity index (χ3n) is 2.43. The molecule has 0 unspecified atom stereocenters. The van der Waals surface area contributed by atoms with Gasteiger partial charge in [0.25, 0.3) is 0 Å². The van der Waals surface area contributed by atoms with Crippen molar-refractivity contribution >= 4 is 15.5 Å². The van der Waals surface area contributed by atoms with Crippen molar-refractivity contribution in [3.05, 3.63) is 36.4 Å². The monoisotopic (exact) mass is 262 g/mol. The van der Waals surface area contributed by atoms with Gasteiger partial charge in [0, 0.05) is 18.6 Å². The van der Waals surface area contributed by atoms with E-state index in [0.717, 1.165) is 6.26 Å². The highest BCUT2D eigenvalue weighted by Crippen LogP contribution is 2.22. The molecule has 18 heavy (non-hydrogen) atoms. The molecule has 0 spiro atoms. The lowest BCUT2D eigenvalue weighted by atomic mass is 10.2. The smallest absolute Gasteiger partial charge is 0.217 e. The van der Waals surface area contributed by atoms with Gasteiger partial charge in [0.1, 0.15) is 6.07 Å². The van der Waals surface area contributed by atoms with Crippen LogP contribution >= 0.6 is 0 Å². The maximum Gasteiger partial charge on any atom is 0.217 e. The summed E-state index contributed by atoms with van der Waals surface area (Å²) < 4.78 is 24.3. The van der Waals surface area contributed by atoms with Crippen LogP contribution in [0.4, 0.5) is 5.69 Å². The van der Waals surface area contributed by atoms with Gasteiger partial charge < -0.3 is 5.73 Å². The highest BCUT2D eigenvalue weighted by Gasteiger charge is 2.12. The highest BCUT2D eigenvalue weighted by atomic mass is 32.2. The summed E-state index contributed by atoms with van der Waals surface area (Å²) in [5, 5.41) is 8.87. The molecule has 0 aliphatic carbocycles. The zero-order valence-corrected chi connectivity index (χ0v) is 10.3. The van der Waals surface area contributed by atoms with E-state index >= 15 is 0 Å². The summed E-state index contributed by atoms with van der Waals surface area (Å²) in [5.41, 5.74) is 6.61. The van der Waals surface area contributed by atoms with Crippen molar-refractivity contribution in [1.82, 2.24) is 9.55 Å². The van der Waals surface area contributed by atoms with Crippen molar-refractivity contribution in [3.8, 4) is 11.8 Å². The van der Waals surface area contributed by atoms with Crippen LogP contribution in [0.1, 0.15) is 5.82 Å². The Hall–Kier alpha value is -2.33. The maximum absolute atomic E-state index is 11.4. The first-order valence-electron chi connectivity index (χ1n) is 4.97. The molecule has 2 rings (SSSR count). The normalized spacial score (nSPS) is 11.1. The average molecular weight is 262 g/mol. The van der Waals surface area contributed by atoms with E-state index in [0.29, 0.717) is 5.69 Å². The molecule has 0 fully saturated rings. The zero-order valence-electron chi connectivity index (χ0n) is 9.53. The van der Waals surface area contributed by atoms with Gasteiger partial charge in [0.2, 0.25) is 5.82 Å². The van der Waals surface area contributed by atoms with Crippen LogP contribution in [-0.4, -0.2) is 24.2 Å². The Morgan fingerprint density at radius 3 is 2.72 bits per heavy atom. The maximum atomic E-state index is 11.4. The summed E-state index contributed by atoms with van der Waals surface area (Å²) in [4.78, 5) is 3.99. The number of nitrogens with two attached hydrogens (primary N) is 1. The molecule has 0 aliphatic rings. The molecule has 0 atom stereocenters. The van der Waals surface area contributed by atoms with Crippen LogP contribution in [-0.2, 0) is 9.84 Å². The molecule has 0 amide bonds. The molecule has 0 saturated carbocycles. The number of nitrogens with zero attached hydrogens (tertiary/aromatic N) is 3. The minimum atomic E-state index is -3.30. The molecule has 1 aromatic heterocycles. The SMILES string of the molecule is CS(=O)(=O)c1ccc(-n2ccnc2C#N)c(N)c1. The Bertz CT molecular complexity index is 741. The predicted octanol–water partition coefficient (Wildman–Crippen LogP) is 0.730. The van der Waals surface area contributed by atoms with Crippen LogP contribution in [0.2, 0.25) is 0 Å². The van der Waals surface area contributed by atoms with Crippen molar-refractivity contribution < 1.29 is 8.42 Å². The quantitative estimate of drug-likeness (QED) is 0.804. The molecule has 2 N–H and O–H groups in total. The molecule has 0 aliphatic heterocycles. The van der Waals surface area contributed by atoms with Crippen LogP contribution in [0.15, 0.2) is 35.5 Å². The third kappa shape index (κ3) is 2.06. The van der Waals surface area contributed by atoms with Gasteiger partial charge in [-0.05, 0) is 18.2 Å². The molecule has 1 heterocycles. The fourth-order valence-electron chi connectivity index (χ4n) is 1.56. The number of nitriles is 1. The van der Waals surface area contributed by atoms with E-state index in [1.807, 2.05) is 6.07 Å². The van der Waals surface area contributed by atoms with Gasteiger partial charge in [-0.2, -0.15) is 5.26 Å². The van der Waals surface area contributed by atoms with Gasteiger partial charge in [-0.15, -0.1) is 0 Å². The number of hydrogen-bond donors (Lipinski definition) is 1. The summed E-state index contributed by atoms with van der Waals surface area (Å²) in [6.07, 6.45) is 4.17. The van der Waals surface area contributed by atoms with E-state index in [1.54, 1.807) is 12.3 Å². The topological polar surface area (TPSA) is 102 Å². The van der Waals surface area contributed by atoms with Crippen molar-refractivity contribution in [2.75, 3.05) is 12.0 Å². The van der Waals surface area contributed by atoms with Gasteiger partial charge in [0.05, 0.1) is 16.3 Å². The predicted molar refractivity (Wildman–Crippen MR) is 65.8 cm³/mol. The number of imidazole rings is 1. The second-order valence-corrected chi connectivity index (χ2v) is 5.74. The van der Waals surface area contributed by atoms with E-state index in [2.05, 4.69) is 4.98 Å². The number of hydrogen-bond acceptors (Lipinski definition) is 5. The van der Waals surface area contributed by atoms with Crippen molar-refractivity contribution in [1.29, 1.82) is 5.26 Å². The fraction of sp³-hybridized carbons (Fsp3) is 0.0909. The van der Waals surface area contributed by atoms with E-state index in [4.69, 9.17) is 11.0 Å². The summed E-state index contributed by atoms with van der Waals surface area (Å²) in [7, 11) is -3.30. The first-order valence-corrected chi connectivity index (χ1v) is 6.86. The van der Waals surface area contributed by atoms with Crippen molar-refractivity contribution in [2.45, 2.75) is 4.90 Å². The third-order valence-corrected chi connectivity index (χ3v) is 3.54. The Morgan fingerprint density at radius 1 is 1.44 bits per heavy atom. The van der Waals surface area contributed by atoms with E-state index in [-0.39, 0.29) is 16.4 Å². The summed E-state index contributed by atoms with van der Waals surface area (Å²) in [6, 6.07) is 6.29. The summed E-state index contributed by atoms with van der Waals surface area (Å²) >= 11 is 0. The first-order chi connectivity index (χ1) is 8.43. The number of benzene rings is 1. The largest absolute Gasteiger partial charge is 0.397 e. The van der Waals surface area contributed by atoms with Gasteiger partial charge >= 0.3 is 0 Å². The second-order valence-electron chi connectivity index (χ2n) is 3.73. The molecular formula is C11H10N4O2S. The van der Waals surface area contributed by atoms with Crippen LogP contribution in [0.25, 0.3) is 5.69 Å². The van der Waals surface area contributed by atoms with Gasteiger partial charge in [-0.25, -0.2) is 13.4 Å². The van der Waals surface area contributed by atoms with Crippen LogP contribution in [0.3, 0.4) is 0 Å². The lowest BCUT2D eigenvalue weighted by molar-refractivity contribution is 0.602. The van der Waals surface area contributed by atoms with Crippen LogP contribution < -0.4 is 5.73 Å². The Balaban J connectivity index is 2.60. The van der Waals surface area contributed by atoms with Crippen molar-refractivity contribution in [2.24, 2.45) is 0 Å².